The maximum atomic E-state index is 12.4. The fourth-order valence-electron chi connectivity index (χ4n) is 3.70. The zero-order valence-corrected chi connectivity index (χ0v) is 17.9. The first kappa shape index (κ1) is 21.0. The van der Waals surface area contributed by atoms with Crippen LogP contribution in [0.3, 0.4) is 0 Å². The summed E-state index contributed by atoms with van der Waals surface area (Å²) in [6.07, 6.45) is 10.8. The fraction of sp³-hybridized carbons (Fsp3) is 0.292. The zero-order chi connectivity index (χ0) is 21.6. The molecule has 1 N–H and O–H groups in total. The number of nitrogens with one attached hydrogen (secondary N) is 1. The lowest BCUT2D eigenvalue weighted by atomic mass is 10.0. The molecule has 0 aliphatic carbocycles. The van der Waals surface area contributed by atoms with Crippen molar-refractivity contribution in [3.05, 3.63) is 72.3 Å². The molecule has 31 heavy (non-hydrogen) atoms. The molecule has 3 heterocycles. The highest BCUT2D eigenvalue weighted by molar-refractivity contribution is 6.02. The van der Waals surface area contributed by atoms with Gasteiger partial charge in [0.2, 0.25) is 5.91 Å². The summed E-state index contributed by atoms with van der Waals surface area (Å²) in [7, 11) is 1.88. The largest absolute Gasteiger partial charge is 0.376 e. The number of aryl methyl sites for hydroxylation is 1. The number of amides is 1. The Bertz CT molecular complexity index is 1060. The Morgan fingerprint density at radius 2 is 2.10 bits per heavy atom. The molecule has 7 heteroatoms. The van der Waals surface area contributed by atoms with Crippen molar-refractivity contribution in [3.63, 3.8) is 0 Å². The number of carbonyl (C=O) groups excluding carboxylic acids is 1. The molecule has 7 nitrogen and oxygen atoms in total. The first-order chi connectivity index (χ1) is 15.1. The molecule has 0 radical (unpaired) electrons. The SMILES string of the molecule is CC1CN(Cc2ccc(NC(=O)C=Cc3cnccc3-c3cnn(C)c3)cc2)CCO1. The van der Waals surface area contributed by atoms with Crippen LogP contribution in [-0.2, 0) is 23.1 Å². The van der Waals surface area contributed by atoms with E-state index in [-0.39, 0.29) is 12.0 Å². The lowest BCUT2D eigenvalue weighted by molar-refractivity contribution is -0.111. The summed E-state index contributed by atoms with van der Waals surface area (Å²) < 4.78 is 7.34. The summed E-state index contributed by atoms with van der Waals surface area (Å²) in [4.78, 5) is 19.0. The average Bonchev–Trinajstić information content (AvgIpc) is 3.20. The van der Waals surface area contributed by atoms with Crippen molar-refractivity contribution in [1.29, 1.82) is 0 Å². The predicted octanol–water partition coefficient (Wildman–Crippen LogP) is 3.35. The molecule has 4 rings (SSSR count). The van der Waals surface area contributed by atoms with Crippen molar-refractivity contribution < 1.29 is 9.53 Å². The third-order valence-corrected chi connectivity index (χ3v) is 5.23. The molecule has 2 aromatic heterocycles. The normalized spacial score (nSPS) is 17.2. The average molecular weight is 418 g/mol. The van der Waals surface area contributed by atoms with E-state index in [0.29, 0.717) is 0 Å². The first-order valence-electron chi connectivity index (χ1n) is 10.4. The van der Waals surface area contributed by atoms with Gasteiger partial charge in [-0.05, 0) is 42.3 Å². The van der Waals surface area contributed by atoms with Gasteiger partial charge in [0.1, 0.15) is 0 Å². The summed E-state index contributed by atoms with van der Waals surface area (Å²) in [5, 5.41) is 7.13. The van der Waals surface area contributed by atoms with Crippen molar-refractivity contribution in [1.82, 2.24) is 19.7 Å². The van der Waals surface area contributed by atoms with Gasteiger partial charge in [-0.2, -0.15) is 5.10 Å². The Hall–Kier alpha value is -3.29. The molecule has 0 saturated carbocycles. The van der Waals surface area contributed by atoms with Gasteiger partial charge in [-0.25, -0.2) is 0 Å². The van der Waals surface area contributed by atoms with E-state index in [4.69, 9.17) is 4.74 Å². The van der Waals surface area contributed by atoms with Gasteiger partial charge < -0.3 is 10.1 Å². The molecule has 1 fully saturated rings. The predicted molar refractivity (Wildman–Crippen MR) is 121 cm³/mol. The standard InChI is InChI=1S/C24H27N5O2/c1-18-15-29(11-12-31-18)16-19-3-6-22(7-4-19)27-24(30)8-5-20-13-25-10-9-23(20)21-14-26-28(2)17-21/h3-10,13-14,17-18H,11-12,15-16H2,1-2H3,(H,27,30). The molecule has 1 saturated heterocycles. The molecule has 1 unspecified atom stereocenters. The van der Waals surface area contributed by atoms with E-state index in [1.54, 1.807) is 29.3 Å². The number of pyridine rings is 1. The molecule has 1 aromatic carbocycles. The Morgan fingerprint density at radius 3 is 2.84 bits per heavy atom. The van der Waals surface area contributed by atoms with Crippen LogP contribution >= 0.6 is 0 Å². The summed E-state index contributed by atoms with van der Waals surface area (Å²) in [5.74, 6) is -0.184. The second-order valence-corrected chi connectivity index (χ2v) is 7.80. The van der Waals surface area contributed by atoms with Crippen LogP contribution in [0.4, 0.5) is 5.69 Å². The van der Waals surface area contributed by atoms with E-state index in [9.17, 15) is 4.79 Å². The number of aromatic nitrogens is 3. The molecule has 1 aliphatic rings. The molecule has 0 bridgehead atoms. The van der Waals surface area contributed by atoms with Crippen LogP contribution in [0, 0.1) is 0 Å². The third kappa shape index (κ3) is 5.65. The van der Waals surface area contributed by atoms with Crippen LogP contribution in [0.5, 0.6) is 0 Å². The van der Waals surface area contributed by atoms with Gasteiger partial charge >= 0.3 is 0 Å². The Kier molecular flexibility index (Phi) is 6.54. The van der Waals surface area contributed by atoms with Gasteiger partial charge in [0, 0.05) is 68.2 Å². The maximum Gasteiger partial charge on any atom is 0.248 e. The summed E-state index contributed by atoms with van der Waals surface area (Å²) >= 11 is 0. The Labute approximate surface area is 182 Å². The summed E-state index contributed by atoms with van der Waals surface area (Å²) in [6, 6.07) is 9.91. The van der Waals surface area contributed by atoms with E-state index in [1.807, 2.05) is 31.4 Å². The van der Waals surface area contributed by atoms with Crippen LogP contribution < -0.4 is 5.32 Å². The minimum Gasteiger partial charge on any atom is -0.376 e. The lowest BCUT2D eigenvalue weighted by Crippen LogP contribution is -2.40. The number of ether oxygens (including phenoxy) is 1. The number of hydrogen-bond acceptors (Lipinski definition) is 5. The molecule has 1 amide bonds. The number of rotatable bonds is 6. The zero-order valence-electron chi connectivity index (χ0n) is 17.9. The minimum absolute atomic E-state index is 0.184. The van der Waals surface area contributed by atoms with Crippen LogP contribution in [0.25, 0.3) is 17.2 Å². The number of nitrogens with zero attached hydrogens (tertiary/aromatic N) is 4. The molecule has 1 aliphatic heterocycles. The highest BCUT2D eigenvalue weighted by atomic mass is 16.5. The number of benzene rings is 1. The Morgan fingerprint density at radius 1 is 1.26 bits per heavy atom. The molecule has 1 atom stereocenters. The van der Waals surface area contributed by atoms with Gasteiger partial charge in [-0.15, -0.1) is 0 Å². The second kappa shape index (κ2) is 9.68. The number of carbonyl (C=O) groups is 1. The van der Waals surface area contributed by atoms with E-state index in [0.717, 1.165) is 48.6 Å². The van der Waals surface area contributed by atoms with Crippen molar-refractivity contribution in [2.45, 2.75) is 19.6 Å². The van der Waals surface area contributed by atoms with Crippen molar-refractivity contribution >= 4 is 17.7 Å². The van der Waals surface area contributed by atoms with Gasteiger partial charge in [0.05, 0.1) is 18.9 Å². The summed E-state index contributed by atoms with van der Waals surface area (Å²) in [5.41, 5.74) is 4.82. The number of hydrogen-bond donors (Lipinski definition) is 1. The topological polar surface area (TPSA) is 72.3 Å². The van der Waals surface area contributed by atoms with E-state index in [2.05, 4.69) is 39.4 Å². The number of anilines is 1. The highest BCUT2D eigenvalue weighted by Crippen LogP contribution is 2.23. The summed E-state index contributed by atoms with van der Waals surface area (Å²) in [6.45, 7) is 5.66. The van der Waals surface area contributed by atoms with Gasteiger partial charge in [-0.1, -0.05) is 12.1 Å². The minimum atomic E-state index is -0.184. The number of morpholine rings is 1. The lowest BCUT2D eigenvalue weighted by Gasteiger charge is -2.31. The van der Waals surface area contributed by atoms with E-state index in [1.165, 1.54) is 11.6 Å². The molecule has 0 spiro atoms. The molecular weight excluding hydrogens is 390 g/mol. The monoisotopic (exact) mass is 417 g/mol. The van der Waals surface area contributed by atoms with E-state index >= 15 is 0 Å². The third-order valence-electron chi connectivity index (χ3n) is 5.23. The fourth-order valence-corrected chi connectivity index (χ4v) is 3.70. The molecular formula is C24H27N5O2. The van der Waals surface area contributed by atoms with Crippen LogP contribution in [0.2, 0.25) is 0 Å². The second-order valence-electron chi connectivity index (χ2n) is 7.80. The van der Waals surface area contributed by atoms with Crippen LogP contribution in [0.1, 0.15) is 18.1 Å². The quantitative estimate of drug-likeness (QED) is 0.623. The first-order valence-corrected chi connectivity index (χ1v) is 10.4. The van der Waals surface area contributed by atoms with Crippen LogP contribution in [0.15, 0.2) is 61.2 Å². The maximum absolute atomic E-state index is 12.4. The highest BCUT2D eigenvalue weighted by Gasteiger charge is 2.16. The van der Waals surface area contributed by atoms with Gasteiger partial charge in [-0.3, -0.25) is 19.4 Å². The molecule has 3 aromatic rings. The van der Waals surface area contributed by atoms with Crippen molar-refractivity contribution in [2.24, 2.45) is 7.05 Å². The van der Waals surface area contributed by atoms with Crippen molar-refractivity contribution in [3.8, 4) is 11.1 Å². The van der Waals surface area contributed by atoms with Crippen molar-refractivity contribution in [2.75, 3.05) is 25.0 Å². The van der Waals surface area contributed by atoms with Gasteiger partial charge in [0.25, 0.3) is 0 Å². The van der Waals surface area contributed by atoms with Gasteiger partial charge in [0.15, 0.2) is 0 Å². The van der Waals surface area contributed by atoms with E-state index < -0.39 is 0 Å². The van der Waals surface area contributed by atoms with Crippen LogP contribution in [-0.4, -0.2) is 51.4 Å². The smallest absolute Gasteiger partial charge is 0.248 e. The Balaban J connectivity index is 1.36. The molecule has 160 valence electrons.